The van der Waals surface area contributed by atoms with E-state index < -0.39 is 5.97 Å². The summed E-state index contributed by atoms with van der Waals surface area (Å²) in [4.78, 5) is 22.0. The molecule has 104 valence electrons. The molecule has 0 unspecified atom stereocenters. The number of ether oxygens (including phenoxy) is 1. The van der Waals surface area contributed by atoms with Gasteiger partial charge in [0.15, 0.2) is 0 Å². The maximum Gasteiger partial charge on any atom is 0.305 e. The molecule has 0 bridgehead atoms. The molecule has 0 saturated carbocycles. The SMILES string of the molecule is CCCCOc1ccc(C(=O)NCCC(=O)O)cc1. The van der Waals surface area contributed by atoms with Crippen LogP contribution in [0.5, 0.6) is 5.75 Å². The second-order valence-corrected chi connectivity index (χ2v) is 4.13. The van der Waals surface area contributed by atoms with Gasteiger partial charge in [-0.25, -0.2) is 0 Å². The van der Waals surface area contributed by atoms with Gasteiger partial charge in [-0.15, -0.1) is 0 Å². The molecule has 0 fully saturated rings. The van der Waals surface area contributed by atoms with Crippen molar-refractivity contribution >= 4 is 11.9 Å². The molecule has 0 aliphatic carbocycles. The van der Waals surface area contributed by atoms with Crippen molar-refractivity contribution in [2.75, 3.05) is 13.2 Å². The molecular weight excluding hydrogens is 246 g/mol. The highest BCUT2D eigenvalue weighted by molar-refractivity contribution is 5.94. The zero-order valence-corrected chi connectivity index (χ0v) is 11.0. The maximum absolute atomic E-state index is 11.7. The molecule has 19 heavy (non-hydrogen) atoms. The van der Waals surface area contributed by atoms with Crippen LogP contribution in [0, 0.1) is 0 Å². The fourth-order valence-corrected chi connectivity index (χ4v) is 1.42. The summed E-state index contributed by atoms with van der Waals surface area (Å²) in [5.41, 5.74) is 0.494. The van der Waals surface area contributed by atoms with E-state index in [0.29, 0.717) is 12.2 Å². The molecule has 1 rings (SSSR count). The van der Waals surface area contributed by atoms with Crippen LogP contribution in [0.25, 0.3) is 0 Å². The van der Waals surface area contributed by atoms with Crippen LogP contribution in [0.3, 0.4) is 0 Å². The van der Waals surface area contributed by atoms with Crippen LogP contribution in [0.15, 0.2) is 24.3 Å². The third-order valence-electron chi connectivity index (χ3n) is 2.51. The molecule has 0 aliphatic heterocycles. The molecule has 0 radical (unpaired) electrons. The van der Waals surface area contributed by atoms with E-state index in [-0.39, 0.29) is 18.9 Å². The highest BCUT2D eigenvalue weighted by atomic mass is 16.5. The first-order valence-electron chi connectivity index (χ1n) is 6.36. The van der Waals surface area contributed by atoms with Crippen molar-refractivity contribution in [3.05, 3.63) is 29.8 Å². The van der Waals surface area contributed by atoms with Gasteiger partial charge in [-0.05, 0) is 30.7 Å². The molecule has 1 amide bonds. The van der Waals surface area contributed by atoms with Crippen LogP contribution in [0.2, 0.25) is 0 Å². The molecule has 0 spiro atoms. The van der Waals surface area contributed by atoms with Gasteiger partial charge >= 0.3 is 5.97 Å². The van der Waals surface area contributed by atoms with Crippen molar-refractivity contribution in [2.45, 2.75) is 26.2 Å². The Morgan fingerprint density at radius 1 is 1.26 bits per heavy atom. The van der Waals surface area contributed by atoms with Crippen LogP contribution >= 0.6 is 0 Å². The number of amides is 1. The Labute approximate surface area is 112 Å². The van der Waals surface area contributed by atoms with Gasteiger partial charge in [-0.3, -0.25) is 9.59 Å². The summed E-state index contributed by atoms with van der Waals surface area (Å²) in [5, 5.41) is 11.0. The Hall–Kier alpha value is -2.04. The molecule has 0 heterocycles. The molecule has 0 atom stereocenters. The van der Waals surface area contributed by atoms with Crippen LogP contribution in [-0.4, -0.2) is 30.1 Å². The summed E-state index contributed by atoms with van der Waals surface area (Å²) < 4.78 is 5.48. The molecule has 1 aromatic carbocycles. The predicted molar refractivity (Wildman–Crippen MR) is 71.4 cm³/mol. The lowest BCUT2D eigenvalue weighted by atomic mass is 10.2. The Bertz CT molecular complexity index is 414. The standard InChI is InChI=1S/C14H19NO4/c1-2-3-10-19-12-6-4-11(5-7-12)14(18)15-9-8-13(16)17/h4-7H,2-3,8-10H2,1H3,(H,15,18)(H,16,17). The normalized spacial score (nSPS) is 9.95. The first-order chi connectivity index (χ1) is 9.13. The third-order valence-corrected chi connectivity index (χ3v) is 2.51. The van der Waals surface area contributed by atoms with Crippen molar-refractivity contribution in [1.29, 1.82) is 0 Å². The van der Waals surface area contributed by atoms with Gasteiger partial charge in [-0.2, -0.15) is 0 Å². The fraction of sp³-hybridized carbons (Fsp3) is 0.429. The van der Waals surface area contributed by atoms with Gasteiger partial charge in [0, 0.05) is 12.1 Å². The first kappa shape index (κ1) is 15.0. The van der Waals surface area contributed by atoms with E-state index in [2.05, 4.69) is 12.2 Å². The van der Waals surface area contributed by atoms with Crippen LogP contribution in [0.1, 0.15) is 36.5 Å². The second-order valence-electron chi connectivity index (χ2n) is 4.13. The van der Waals surface area contributed by atoms with Crippen molar-refractivity contribution in [2.24, 2.45) is 0 Å². The maximum atomic E-state index is 11.7. The van der Waals surface area contributed by atoms with Gasteiger partial charge in [-0.1, -0.05) is 13.3 Å². The number of carbonyl (C=O) groups is 2. The van der Waals surface area contributed by atoms with Gasteiger partial charge in [0.1, 0.15) is 5.75 Å². The van der Waals surface area contributed by atoms with Crippen molar-refractivity contribution in [3.8, 4) is 5.75 Å². The number of benzene rings is 1. The van der Waals surface area contributed by atoms with E-state index in [1.54, 1.807) is 24.3 Å². The van der Waals surface area contributed by atoms with Crippen LogP contribution < -0.4 is 10.1 Å². The lowest BCUT2D eigenvalue weighted by Gasteiger charge is -2.07. The largest absolute Gasteiger partial charge is 0.494 e. The quantitative estimate of drug-likeness (QED) is 0.705. The Balaban J connectivity index is 2.41. The summed E-state index contributed by atoms with van der Waals surface area (Å²) in [6, 6.07) is 6.80. The summed E-state index contributed by atoms with van der Waals surface area (Å²) in [7, 11) is 0. The van der Waals surface area contributed by atoms with E-state index in [1.165, 1.54) is 0 Å². The first-order valence-corrected chi connectivity index (χ1v) is 6.36. The fourth-order valence-electron chi connectivity index (χ4n) is 1.42. The average molecular weight is 265 g/mol. The van der Waals surface area contributed by atoms with Gasteiger partial charge in [0.05, 0.1) is 13.0 Å². The molecule has 1 aromatic rings. The monoisotopic (exact) mass is 265 g/mol. The van der Waals surface area contributed by atoms with Crippen LogP contribution in [-0.2, 0) is 4.79 Å². The van der Waals surface area contributed by atoms with Gasteiger partial charge < -0.3 is 15.2 Å². The number of carboxylic acid groups (broad SMARTS) is 1. The smallest absolute Gasteiger partial charge is 0.305 e. The summed E-state index contributed by atoms with van der Waals surface area (Å²) >= 11 is 0. The molecule has 0 aromatic heterocycles. The number of carbonyl (C=O) groups excluding carboxylic acids is 1. The number of hydrogen-bond donors (Lipinski definition) is 2. The summed E-state index contributed by atoms with van der Waals surface area (Å²) in [5.74, 6) is -0.475. The van der Waals surface area contributed by atoms with Crippen molar-refractivity contribution in [1.82, 2.24) is 5.32 Å². The minimum atomic E-state index is -0.931. The molecule has 5 nitrogen and oxygen atoms in total. The Morgan fingerprint density at radius 2 is 1.95 bits per heavy atom. The minimum absolute atomic E-state index is 0.0794. The van der Waals surface area contributed by atoms with E-state index in [9.17, 15) is 9.59 Å². The van der Waals surface area contributed by atoms with Gasteiger partial charge in [0.25, 0.3) is 5.91 Å². The number of nitrogens with one attached hydrogen (secondary N) is 1. The zero-order chi connectivity index (χ0) is 14.1. The lowest BCUT2D eigenvalue weighted by molar-refractivity contribution is -0.136. The van der Waals surface area contributed by atoms with Crippen molar-refractivity contribution < 1.29 is 19.4 Å². The minimum Gasteiger partial charge on any atom is -0.494 e. The van der Waals surface area contributed by atoms with Crippen LogP contribution in [0.4, 0.5) is 0 Å². The summed E-state index contributed by atoms with van der Waals surface area (Å²) in [6.07, 6.45) is 1.99. The Morgan fingerprint density at radius 3 is 2.53 bits per heavy atom. The number of aliphatic carboxylic acids is 1. The molecule has 2 N–H and O–H groups in total. The van der Waals surface area contributed by atoms with E-state index in [1.807, 2.05) is 0 Å². The zero-order valence-electron chi connectivity index (χ0n) is 11.0. The highest BCUT2D eigenvalue weighted by Crippen LogP contribution is 2.12. The topological polar surface area (TPSA) is 75.6 Å². The van der Waals surface area contributed by atoms with E-state index >= 15 is 0 Å². The lowest BCUT2D eigenvalue weighted by Crippen LogP contribution is -2.25. The second kappa shape index (κ2) is 8.13. The molecule has 0 aliphatic rings. The highest BCUT2D eigenvalue weighted by Gasteiger charge is 2.06. The number of unbranched alkanes of at least 4 members (excludes halogenated alkanes) is 1. The average Bonchev–Trinajstić information content (AvgIpc) is 2.39. The summed E-state index contributed by atoms with van der Waals surface area (Å²) in [6.45, 7) is 2.89. The number of rotatable bonds is 8. The molecular formula is C14H19NO4. The third kappa shape index (κ3) is 5.90. The predicted octanol–water partition coefficient (Wildman–Crippen LogP) is 2.07. The van der Waals surface area contributed by atoms with E-state index in [0.717, 1.165) is 18.6 Å². The Kier molecular flexibility index (Phi) is 6.43. The molecule has 5 heteroatoms. The number of carboxylic acids is 1. The number of hydrogen-bond acceptors (Lipinski definition) is 3. The molecule has 0 saturated heterocycles. The van der Waals surface area contributed by atoms with Gasteiger partial charge in [0.2, 0.25) is 0 Å². The van der Waals surface area contributed by atoms with Crippen molar-refractivity contribution in [3.63, 3.8) is 0 Å². The van der Waals surface area contributed by atoms with E-state index in [4.69, 9.17) is 9.84 Å².